The van der Waals surface area contributed by atoms with Crippen LogP contribution in [0.2, 0.25) is 5.02 Å². The topological polar surface area (TPSA) is 69.0 Å². The van der Waals surface area contributed by atoms with Crippen molar-refractivity contribution in [2.24, 2.45) is 0 Å². The second-order valence-corrected chi connectivity index (χ2v) is 6.69. The van der Waals surface area contributed by atoms with Crippen LogP contribution in [0.25, 0.3) is 5.82 Å². The summed E-state index contributed by atoms with van der Waals surface area (Å²) in [6.07, 6.45) is 4.67. The quantitative estimate of drug-likeness (QED) is 0.704. The number of carbonyl (C=O) groups excluding carboxylic acids is 1. The molecule has 3 rings (SSSR count). The molecule has 1 amide bonds. The van der Waals surface area contributed by atoms with Crippen molar-refractivity contribution in [2.45, 2.75) is 33.4 Å². The molecule has 0 aliphatic rings. The number of nitrogens with one attached hydrogen (secondary N) is 1. The lowest BCUT2D eigenvalue weighted by molar-refractivity contribution is -0.127. The Labute approximate surface area is 163 Å². The van der Waals surface area contributed by atoms with Gasteiger partial charge in [-0.25, -0.2) is 9.97 Å². The number of pyridine rings is 1. The molecule has 1 N–H and O–H groups in total. The van der Waals surface area contributed by atoms with E-state index in [2.05, 4.69) is 15.3 Å². The zero-order valence-corrected chi connectivity index (χ0v) is 16.2. The molecule has 3 aromatic rings. The summed E-state index contributed by atoms with van der Waals surface area (Å²) >= 11 is 5.95. The van der Waals surface area contributed by atoms with Crippen molar-refractivity contribution in [3.8, 4) is 11.6 Å². The summed E-state index contributed by atoms with van der Waals surface area (Å²) in [4.78, 5) is 20.9. The van der Waals surface area contributed by atoms with Gasteiger partial charge in [0, 0.05) is 30.2 Å². The minimum Gasteiger partial charge on any atom is -0.481 e. The van der Waals surface area contributed by atoms with Gasteiger partial charge in [-0.15, -0.1) is 0 Å². The first-order valence-electron chi connectivity index (χ1n) is 8.60. The summed E-state index contributed by atoms with van der Waals surface area (Å²) in [6.45, 7) is 5.90. The molecule has 0 unspecified atom stereocenters. The number of imidazole rings is 1. The molecule has 0 saturated heterocycles. The van der Waals surface area contributed by atoms with Gasteiger partial charge in [0.1, 0.15) is 17.4 Å². The van der Waals surface area contributed by atoms with Crippen molar-refractivity contribution in [3.05, 3.63) is 70.9 Å². The molecular formula is C20H21ClN4O2. The summed E-state index contributed by atoms with van der Waals surface area (Å²) in [5.41, 5.74) is 1.83. The zero-order valence-electron chi connectivity index (χ0n) is 15.4. The number of ether oxygens (including phenoxy) is 1. The number of rotatable bonds is 6. The van der Waals surface area contributed by atoms with E-state index >= 15 is 0 Å². The summed E-state index contributed by atoms with van der Waals surface area (Å²) in [5.74, 6) is 2.06. The highest BCUT2D eigenvalue weighted by Gasteiger charge is 2.15. The lowest BCUT2D eigenvalue weighted by Gasteiger charge is -2.16. The van der Waals surface area contributed by atoms with Crippen LogP contribution < -0.4 is 10.1 Å². The van der Waals surface area contributed by atoms with Crippen LogP contribution in [-0.4, -0.2) is 26.5 Å². The molecule has 7 heteroatoms. The number of hydrogen-bond acceptors (Lipinski definition) is 4. The molecule has 0 spiro atoms. The van der Waals surface area contributed by atoms with Crippen LogP contribution in [0.3, 0.4) is 0 Å². The van der Waals surface area contributed by atoms with E-state index in [-0.39, 0.29) is 5.91 Å². The highest BCUT2D eigenvalue weighted by Crippen LogP contribution is 2.22. The molecule has 0 aliphatic heterocycles. The molecule has 0 saturated carbocycles. The molecule has 0 fully saturated rings. The number of aromatic nitrogens is 3. The first kappa shape index (κ1) is 18.9. The van der Waals surface area contributed by atoms with Gasteiger partial charge in [0.05, 0.1) is 0 Å². The molecule has 2 aromatic heterocycles. The van der Waals surface area contributed by atoms with E-state index in [9.17, 15) is 4.79 Å². The fraction of sp³-hybridized carbons (Fsp3) is 0.250. The molecular weight excluding hydrogens is 364 g/mol. The zero-order chi connectivity index (χ0) is 19.4. The minimum atomic E-state index is -0.623. The number of halogens is 1. The molecule has 6 nitrogen and oxygen atoms in total. The number of benzene rings is 1. The van der Waals surface area contributed by atoms with Crippen molar-refractivity contribution in [2.75, 3.05) is 0 Å². The van der Waals surface area contributed by atoms with Gasteiger partial charge in [-0.05, 0) is 62.2 Å². The van der Waals surface area contributed by atoms with Gasteiger partial charge in [0.2, 0.25) is 0 Å². The third-order valence-electron chi connectivity index (χ3n) is 4.16. The van der Waals surface area contributed by atoms with E-state index in [1.54, 1.807) is 37.5 Å². The first-order valence-corrected chi connectivity index (χ1v) is 8.97. The second-order valence-electron chi connectivity index (χ2n) is 6.25. The highest BCUT2D eigenvalue weighted by molar-refractivity contribution is 6.30. The smallest absolute Gasteiger partial charge is 0.261 e. The molecule has 1 atom stereocenters. The van der Waals surface area contributed by atoms with Gasteiger partial charge in [-0.2, -0.15) is 0 Å². The maximum atomic E-state index is 12.4. The Kier molecular flexibility index (Phi) is 5.76. The van der Waals surface area contributed by atoms with Crippen LogP contribution >= 0.6 is 11.6 Å². The van der Waals surface area contributed by atoms with E-state index < -0.39 is 6.10 Å². The molecule has 0 bridgehead atoms. The monoisotopic (exact) mass is 384 g/mol. The fourth-order valence-corrected chi connectivity index (χ4v) is 2.87. The number of nitrogens with zero attached hydrogens (tertiary/aromatic N) is 3. The van der Waals surface area contributed by atoms with E-state index in [4.69, 9.17) is 16.3 Å². The van der Waals surface area contributed by atoms with Crippen LogP contribution in [0.5, 0.6) is 5.75 Å². The van der Waals surface area contributed by atoms with Crippen molar-refractivity contribution >= 4 is 17.5 Å². The maximum Gasteiger partial charge on any atom is 0.261 e. The number of hydrogen-bond donors (Lipinski definition) is 1. The van der Waals surface area contributed by atoms with E-state index in [1.807, 2.05) is 36.7 Å². The van der Waals surface area contributed by atoms with E-state index in [0.717, 1.165) is 22.8 Å². The molecule has 0 aliphatic carbocycles. The molecule has 1 aromatic carbocycles. The number of carbonyl (C=O) groups is 1. The summed E-state index contributed by atoms with van der Waals surface area (Å²) in [6, 6.07) is 9.10. The Hall–Kier alpha value is -2.86. The van der Waals surface area contributed by atoms with Crippen molar-refractivity contribution in [1.29, 1.82) is 0 Å². The largest absolute Gasteiger partial charge is 0.481 e. The maximum absolute atomic E-state index is 12.4. The Morgan fingerprint density at radius 2 is 2.04 bits per heavy atom. The lowest BCUT2D eigenvalue weighted by atomic mass is 10.2. The van der Waals surface area contributed by atoms with Gasteiger partial charge < -0.3 is 10.1 Å². The van der Waals surface area contributed by atoms with Crippen molar-refractivity contribution in [1.82, 2.24) is 19.9 Å². The van der Waals surface area contributed by atoms with Crippen LogP contribution in [0.4, 0.5) is 0 Å². The molecule has 140 valence electrons. The standard InChI is InChI=1S/C20H21ClN4O2/c1-13-10-17(21)4-5-18(13)27-14(2)20(26)24-12-16-6-7-23-19(11-16)25-9-8-22-15(25)3/h4-11,14H,12H2,1-3H3,(H,24,26)/t14-/m1/s1. The molecule has 2 heterocycles. The highest BCUT2D eigenvalue weighted by atomic mass is 35.5. The van der Waals surface area contributed by atoms with Crippen LogP contribution in [0.1, 0.15) is 23.9 Å². The predicted molar refractivity (Wildman–Crippen MR) is 104 cm³/mol. The summed E-state index contributed by atoms with van der Waals surface area (Å²) in [5, 5.41) is 3.53. The van der Waals surface area contributed by atoms with Crippen molar-refractivity contribution in [3.63, 3.8) is 0 Å². The van der Waals surface area contributed by atoms with Gasteiger partial charge in [0.15, 0.2) is 6.10 Å². The predicted octanol–water partition coefficient (Wildman–Crippen LogP) is 3.62. The third kappa shape index (κ3) is 4.65. The lowest BCUT2D eigenvalue weighted by Crippen LogP contribution is -2.36. The minimum absolute atomic E-state index is 0.193. The van der Waals surface area contributed by atoms with Gasteiger partial charge >= 0.3 is 0 Å². The second kappa shape index (κ2) is 8.22. The Morgan fingerprint density at radius 1 is 1.22 bits per heavy atom. The van der Waals surface area contributed by atoms with Crippen LogP contribution in [-0.2, 0) is 11.3 Å². The summed E-state index contributed by atoms with van der Waals surface area (Å²) in [7, 11) is 0. The number of amides is 1. The third-order valence-corrected chi connectivity index (χ3v) is 4.39. The SMILES string of the molecule is Cc1cc(Cl)ccc1O[C@H](C)C(=O)NCc1ccnc(-n2ccnc2C)c1. The molecule has 0 radical (unpaired) electrons. The fourth-order valence-electron chi connectivity index (χ4n) is 2.64. The first-order chi connectivity index (χ1) is 12.9. The Morgan fingerprint density at radius 3 is 2.74 bits per heavy atom. The van der Waals surface area contributed by atoms with E-state index in [0.29, 0.717) is 17.3 Å². The van der Waals surface area contributed by atoms with Crippen LogP contribution in [0, 0.1) is 13.8 Å². The normalized spacial score (nSPS) is 11.9. The van der Waals surface area contributed by atoms with E-state index in [1.165, 1.54) is 0 Å². The van der Waals surface area contributed by atoms with Gasteiger partial charge in [-0.3, -0.25) is 9.36 Å². The van der Waals surface area contributed by atoms with Gasteiger partial charge in [0.25, 0.3) is 5.91 Å². The average Bonchev–Trinajstić information content (AvgIpc) is 3.08. The Bertz CT molecular complexity index is 955. The van der Waals surface area contributed by atoms with Crippen molar-refractivity contribution < 1.29 is 9.53 Å². The van der Waals surface area contributed by atoms with Crippen LogP contribution in [0.15, 0.2) is 48.9 Å². The van der Waals surface area contributed by atoms with Gasteiger partial charge in [-0.1, -0.05) is 11.6 Å². The molecule has 27 heavy (non-hydrogen) atoms. The number of aryl methyl sites for hydroxylation is 2. The Balaban J connectivity index is 1.61. The summed E-state index contributed by atoms with van der Waals surface area (Å²) < 4.78 is 7.64. The average molecular weight is 385 g/mol.